The van der Waals surface area contributed by atoms with Crippen molar-refractivity contribution in [3.8, 4) is 5.75 Å². The van der Waals surface area contributed by atoms with Crippen LogP contribution >= 0.6 is 0 Å². The van der Waals surface area contributed by atoms with Crippen molar-refractivity contribution in [3.63, 3.8) is 0 Å². The van der Waals surface area contributed by atoms with Gasteiger partial charge in [0.15, 0.2) is 5.82 Å². The Labute approximate surface area is 155 Å². The lowest BCUT2D eigenvalue weighted by Crippen LogP contribution is -2.29. The molecule has 0 unspecified atom stereocenters. The van der Waals surface area contributed by atoms with Gasteiger partial charge >= 0.3 is 0 Å². The fourth-order valence-corrected chi connectivity index (χ4v) is 3.22. The Morgan fingerprint density at radius 2 is 2.04 bits per heavy atom. The van der Waals surface area contributed by atoms with E-state index in [0.717, 1.165) is 25.3 Å². The number of benzene rings is 1. The molecule has 1 fully saturated rings. The highest BCUT2D eigenvalue weighted by atomic mass is 16.5. The summed E-state index contributed by atoms with van der Waals surface area (Å²) in [5.74, 6) is 2.15. The van der Waals surface area contributed by atoms with E-state index in [1.54, 1.807) is 4.57 Å². The van der Waals surface area contributed by atoms with E-state index in [-0.39, 0.29) is 6.61 Å². The van der Waals surface area contributed by atoms with Crippen LogP contribution < -0.4 is 10.1 Å². The molecule has 1 saturated heterocycles. The Bertz CT molecular complexity index is 682. The SMILES string of the molecule is Cn1c(CO)nnc1NCCCOc1cccc(CN2CCCCC2)c1. The van der Waals surface area contributed by atoms with E-state index >= 15 is 0 Å². The highest BCUT2D eigenvalue weighted by Crippen LogP contribution is 2.17. The summed E-state index contributed by atoms with van der Waals surface area (Å²) < 4.78 is 7.64. The van der Waals surface area contributed by atoms with E-state index < -0.39 is 0 Å². The van der Waals surface area contributed by atoms with Crippen LogP contribution in [0.2, 0.25) is 0 Å². The van der Waals surface area contributed by atoms with Gasteiger partial charge in [-0.1, -0.05) is 18.6 Å². The van der Waals surface area contributed by atoms with Gasteiger partial charge in [0.25, 0.3) is 0 Å². The molecular weight excluding hydrogens is 330 g/mol. The summed E-state index contributed by atoms with van der Waals surface area (Å²) in [6.07, 6.45) is 4.85. The molecule has 0 radical (unpaired) electrons. The molecule has 1 aromatic heterocycles. The number of nitrogens with one attached hydrogen (secondary N) is 1. The number of nitrogens with zero attached hydrogens (tertiary/aromatic N) is 4. The largest absolute Gasteiger partial charge is 0.494 e. The number of hydrogen-bond donors (Lipinski definition) is 2. The molecule has 1 aliphatic heterocycles. The lowest BCUT2D eigenvalue weighted by molar-refractivity contribution is 0.220. The maximum Gasteiger partial charge on any atom is 0.224 e. The quantitative estimate of drug-likeness (QED) is 0.669. The highest BCUT2D eigenvalue weighted by Gasteiger charge is 2.10. The van der Waals surface area contributed by atoms with Crippen LogP contribution in [0.3, 0.4) is 0 Å². The normalized spacial score (nSPS) is 15.2. The van der Waals surface area contributed by atoms with Gasteiger partial charge in [-0.25, -0.2) is 0 Å². The van der Waals surface area contributed by atoms with Crippen LogP contribution in [0.4, 0.5) is 5.95 Å². The molecule has 2 aromatic rings. The highest BCUT2D eigenvalue weighted by molar-refractivity contribution is 5.28. The van der Waals surface area contributed by atoms with E-state index in [0.29, 0.717) is 18.4 Å². The van der Waals surface area contributed by atoms with Gasteiger partial charge in [0.05, 0.1) is 6.61 Å². The third-order valence-electron chi connectivity index (χ3n) is 4.73. The lowest BCUT2D eigenvalue weighted by atomic mass is 10.1. The van der Waals surface area contributed by atoms with Crippen molar-refractivity contribution in [1.82, 2.24) is 19.7 Å². The van der Waals surface area contributed by atoms with E-state index in [4.69, 9.17) is 9.84 Å². The van der Waals surface area contributed by atoms with Crippen LogP contribution in [-0.4, -0.2) is 51.0 Å². The van der Waals surface area contributed by atoms with Crippen LogP contribution in [0, 0.1) is 0 Å². The number of anilines is 1. The summed E-state index contributed by atoms with van der Waals surface area (Å²) in [6.45, 7) is 4.70. The Hall–Kier alpha value is -2.12. The first-order chi connectivity index (χ1) is 12.8. The first-order valence-corrected chi connectivity index (χ1v) is 9.43. The van der Waals surface area contributed by atoms with Crippen LogP contribution in [-0.2, 0) is 20.2 Å². The van der Waals surface area contributed by atoms with Crippen molar-refractivity contribution in [2.45, 2.75) is 38.8 Å². The summed E-state index contributed by atoms with van der Waals surface area (Å²) in [6, 6.07) is 8.42. The molecular formula is C19H29N5O2. The van der Waals surface area contributed by atoms with E-state index in [2.05, 4.69) is 38.6 Å². The molecule has 7 nitrogen and oxygen atoms in total. The number of piperidine rings is 1. The predicted octanol–water partition coefficient (Wildman–Crippen LogP) is 2.17. The zero-order valence-electron chi connectivity index (χ0n) is 15.5. The Morgan fingerprint density at radius 3 is 2.81 bits per heavy atom. The first kappa shape index (κ1) is 18.7. The monoisotopic (exact) mass is 359 g/mol. The molecule has 0 spiro atoms. The van der Waals surface area contributed by atoms with Crippen molar-refractivity contribution in [3.05, 3.63) is 35.7 Å². The molecule has 0 amide bonds. The number of likely N-dealkylation sites (tertiary alicyclic amines) is 1. The molecule has 0 bridgehead atoms. The van der Waals surface area contributed by atoms with Gasteiger partial charge in [0, 0.05) is 20.1 Å². The smallest absolute Gasteiger partial charge is 0.224 e. The number of ether oxygens (including phenoxy) is 1. The van der Waals surface area contributed by atoms with E-state index in [9.17, 15) is 0 Å². The number of rotatable bonds is 9. The molecule has 7 heteroatoms. The molecule has 26 heavy (non-hydrogen) atoms. The van der Waals surface area contributed by atoms with E-state index in [1.807, 2.05) is 13.1 Å². The zero-order chi connectivity index (χ0) is 18.2. The second-order valence-corrected chi connectivity index (χ2v) is 6.77. The summed E-state index contributed by atoms with van der Waals surface area (Å²) in [5, 5.41) is 20.2. The van der Waals surface area contributed by atoms with Gasteiger partial charge in [-0.3, -0.25) is 9.47 Å². The molecule has 2 heterocycles. The average molecular weight is 359 g/mol. The lowest BCUT2D eigenvalue weighted by Gasteiger charge is -2.26. The first-order valence-electron chi connectivity index (χ1n) is 9.43. The number of aromatic nitrogens is 3. The molecule has 0 aliphatic carbocycles. The Balaban J connectivity index is 1.39. The van der Waals surface area contributed by atoms with Crippen molar-refractivity contribution >= 4 is 5.95 Å². The van der Waals surface area contributed by atoms with Gasteiger partial charge in [0.2, 0.25) is 5.95 Å². The topological polar surface area (TPSA) is 75.4 Å². The van der Waals surface area contributed by atoms with Gasteiger partial charge in [0.1, 0.15) is 12.4 Å². The summed E-state index contributed by atoms with van der Waals surface area (Å²) in [5.41, 5.74) is 1.32. The average Bonchev–Trinajstić information content (AvgIpc) is 3.02. The van der Waals surface area contributed by atoms with Crippen LogP contribution in [0.5, 0.6) is 5.75 Å². The Kier molecular flexibility index (Phi) is 6.85. The minimum atomic E-state index is -0.109. The fourth-order valence-electron chi connectivity index (χ4n) is 3.22. The van der Waals surface area contributed by atoms with Gasteiger partial charge in [-0.2, -0.15) is 0 Å². The number of aliphatic hydroxyl groups is 1. The van der Waals surface area contributed by atoms with Crippen LogP contribution in [0.1, 0.15) is 37.1 Å². The number of aliphatic hydroxyl groups excluding tert-OH is 1. The molecule has 3 rings (SSSR count). The molecule has 2 N–H and O–H groups in total. The second kappa shape index (κ2) is 9.54. The maximum absolute atomic E-state index is 9.12. The Morgan fingerprint density at radius 1 is 1.19 bits per heavy atom. The van der Waals surface area contributed by atoms with Crippen molar-refractivity contribution in [2.75, 3.05) is 31.6 Å². The van der Waals surface area contributed by atoms with Crippen molar-refractivity contribution in [1.29, 1.82) is 0 Å². The zero-order valence-corrected chi connectivity index (χ0v) is 15.5. The number of hydrogen-bond acceptors (Lipinski definition) is 6. The summed E-state index contributed by atoms with van der Waals surface area (Å²) in [4.78, 5) is 2.52. The van der Waals surface area contributed by atoms with Crippen LogP contribution in [0.15, 0.2) is 24.3 Å². The standard InChI is InChI=1S/C19H29N5O2/c1-23-18(15-25)21-22-19(23)20-9-6-12-26-17-8-5-7-16(13-17)14-24-10-3-2-4-11-24/h5,7-8,13,25H,2-4,6,9-12,14-15H2,1H3,(H,20,22). The predicted molar refractivity (Wildman–Crippen MR) is 101 cm³/mol. The third kappa shape index (κ3) is 5.19. The second-order valence-electron chi connectivity index (χ2n) is 6.77. The minimum absolute atomic E-state index is 0.109. The molecule has 0 atom stereocenters. The fraction of sp³-hybridized carbons (Fsp3) is 0.579. The summed E-state index contributed by atoms with van der Waals surface area (Å²) in [7, 11) is 1.83. The van der Waals surface area contributed by atoms with E-state index in [1.165, 1.54) is 37.9 Å². The molecule has 1 aromatic carbocycles. The maximum atomic E-state index is 9.12. The van der Waals surface area contributed by atoms with Crippen molar-refractivity contribution < 1.29 is 9.84 Å². The van der Waals surface area contributed by atoms with Gasteiger partial charge in [-0.15, -0.1) is 10.2 Å². The summed E-state index contributed by atoms with van der Waals surface area (Å²) >= 11 is 0. The third-order valence-corrected chi connectivity index (χ3v) is 4.73. The molecule has 1 aliphatic rings. The molecule has 142 valence electrons. The van der Waals surface area contributed by atoms with Gasteiger partial charge < -0.3 is 15.2 Å². The molecule has 0 saturated carbocycles. The van der Waals surface area contributed by atoms with Crippen LogP contribution in [0.25, 0.3) is 0 Å². The van der Waals surface area contributed by atoms with Gasteiger partial charge in [-0.05, 0) is 50.0 Å². The minimum Gasteiger partial charge on any atom is -0.494 e. The van der Waals surface area contributed by atoms with Crippen molar-refractivity contribution in [2.24, 2.45) is 7.05 Å².